The van der Waals surface area contributed by atoms with E-state index in [-0.39, 0.29) is 38.6 Å². The number of hydrogen-bond donors (Lipinski definition) is 2. The van der Waals surface area contributed by atoms with Gasteiger partial charge in [-0.15, -0.1) is 0 Å². The predicted molar refractivity (Wildman–Crippen MR) is 432 cm³/mol. The van der Waals surface area contributed by atoms with E-state index in [1.165, 1.54) is 366 Å². The zero-order valence-corrected chi connectivity index (χ0v) is 66.9. The molecule has 0 aliphatic carbocycles. The third-order valence-corrected chi connectivity index (χ3v) is 20.9. The average Bonchev–Trinajstić information content (AvgIpc) is 1.19. The molecule has 0 rings (SSSR count). The first kappa shape index (κ1) is 96.7. The summed E-state index contributed by atoms with van der Waals surface area (Å²) in [5, 5.41) is 0. The van der Waals surface area contributed by atoms with Gasteiger partial charge in [0.2, 0.25) is 0 Å². The first-order valence-corrected chi connectivity index (χ1v) is 45.3. The minimum absolute atomic E-state index is 0.0563. The minimum atomic E-state index is -4.40. The molecule has 582 valence electrons. The second kappa shape index (κ2) is 84.6. The quantitative estimate of drug-likeness (QED) is 0.0264. The van der Waals surface area contributed by atoms with Crippen molar-refractivity contribution in [2.75, 3.05) is 26.4 Å². The van der Waals surface area contributed by atoms with Crippen LogP contribution >= 0.6 is 7.82 Å². The van der Waals surface area contributed by atoms with Gasteiger partial charge in [-0.2, -0.15) is 0 Å². The van der Waals surface area contributed by atoms with Crippen LogP contribution in [0.25, 0.3) is 0 Å². The molecule has 0 aromatic carbocycles. The molecule has 99 heavy (non-hydrogen) atoms. The molecule has 2 atom stereocenters. The van der Waals surface area contributed by atoms with Crippen molar-refractivity contribution in [3.05, 3.63) is 60.8 Å². The minimum Gasteiger partial charge on any atom is -0.462 e. The number of rotatable bonds is 84. The molecule has 0 fully saturated rings. The molecule has 2 unspecified atom stereocenters. The van der Waals surface area contributed by atoms with Gasteiger partial charge in [-0.3, -0.25) is 18.6 Å². The van der Waals surface area contributed by atoms with Crippen LogP contribution in [0.4, 0.5) is 0 Å². The lowest BCUT2D eigenvalue weighted by atomic mass is 10.0. The largest absolute Gasteiger partial charge is 0.472 e. The topological polar surface area (TPSA) is 134 Å². The van der Waals surface area contributed by atoms with E-state index in [4.69, 9.17) is 24.3 Å². The summed E-state index contributed by atoms with van der Waals surface area (Å²) >= 11 is 0. The number of allylic oxidation sites excluding steroid dienone is 10. The van der Waals surface area contributed by atoms with E-state index in [2.05, 4.69) is 74.6 Å². The van der Waals surface area contributed by atoms with Gasteiger partial charge in [-0.25, -0.2) is 4.57 Å². The molecule has 0 aliphatic heterocycles. The van der Waals surface area contributed by atoms with Gasteiger partial charge in [0, 0.05) is 19.4 Å². The van der Waals surface area contributed by atoms with E-state index in [0.717, 1.165) is 64.2 Å². The lowest BCUT2D eigenvalue weighted by molar-refractivity contribution is -0.161. The summed E-state index contributed by atoms with van der Waals surface area (Å²) in [5.41, 5.74) is 5.42. The monoisotopic (exact) mass is 1410 g/mol. The maximum Gasteiger partial charge on any atom is 0.472 e. The lowest BCUT2D eigenvalue weighted by Crippen LogP contribution is -2.29. The molecule has 0 aliphatic rings. The summed E-state index contributed by atoms with van der Waals surface area (Å²) in [6.45, 7) is 3.72. The van der Waals surface area contributed by atoms with E-state index in [9.17, 15) is 19.0 Å². The number of unbranched alkanes of at least 4 members (excludes halogenated alkanes) is 61. The van der Waals surface area contributed by atoms with Crippen LogP contribution in [0.15, 0.2) is 60.8 Å². The number of esters is 2. The van der Waals surface area contributed by atoms with Gasteiger partial charge in [-0.1, -0.05) is 453 Å². The summed E-state index contributed by atoms with van der Waals surface area (Å²) in [6.07, 6.45) is 113. The van der Waals surface area contributed by atoms with Crippen LogP contribution in [0.2, 0.25) is 0 Å². The Balaban J connectivity index is 3.71. The molecule has 0 aromatic heterocycles. The number of ether oxygens (including phenoxy) is 2. The molecule has 9 nitrogen and oxygen atoms in total. The van der Waals surface area contributed by atoms with Gasteiger partial charge in [0.25, 0.3) is 0 Å². The van der Waals surface area contributed by atoms with Gasteiger partial charge < -0.3 is 20.1 Å². The predicted octanol–water partition coefficient (Wildman–Crippen LogP) is 29.7. The van der Waals surface area contributed by atoms with Gasteiger partial charge in [0.05, 0.1) is 13.2 Å². The van der Waals surface area contributed by atoms with Crippen LogP contribution in [0.5, 0.6) is 0 Å². The van der Waals surface area contributed by atoms with Crippen LogP contribution in [0.3, 0.4) is 0 Å². The van der Waals surface area contributed by atoms with Crippen molar-refractivity contribution in [1.82, 2.24) is 0 Å². The van der Waals surface area contributed by atoms with Crippen LogP contribution in [0.1, 0.15) is 463 Å². The van der Waals surface area contributed by atoms with Gasteiger partial charge in [-0.05, 0) is 57.8 Å². The fourth-order valence-corrected chi connectivity index (χ4v) is 14.3. The highest BCUT2D eigenvalue weighted by atomic mass is 31.2. The SMILES string of the molecule is CC/C=C\C/C=C\C/C=C\C/C=C\C/C=C\CCCCCCCCCCCCCCCCCCCCCCCCCCCC(=O)OC(COC(=O)CCCCCCCCCCCCCCCCCCCCCCCCCCCCCCCCCCCCCCC)COP(=O)(O)OCCN. The molecular formula is C89H168NO8P. The molecule has 0 amide bonds. The fourth-order valence-electron chi connectivity index (χ4n) is 13.5. The number of carbonyl (C=O) groups is 2. The maximum atomic E-state index is 12.8. The van der Waals surface area contributed by atoms with E-state index < -0.39 is 26.5 Å². The zero-order chi connectivity index (χ0) is 71.5. The second-order valence-corrected chi connectivity index (χ2v) is 31.2. The standard InChI is InChI=1S/C89H168NO8P/c1-3-5-7-9-11-13-15-17-19-21-23-25-27-29-31-33-35-37-39-41-42-43-44-46-48-50-52-54-56-58-60-62-64-66-68-70-72-74-76-78-80-82-89(92)98-87(86-97-99(93,94)96-84-83-90)85-95-88(91)81-79-77-75-73-71-69-67-65-63-61-59-57-55-53-51-49-47-45-40-38-36-34-32-30-28-26-24-22-20-18-16-14-12-10-8-6-4-2/h5,7,11,13,17,19,23,25,29,31,87H,3-4,6,8-10,12,14-16,18,20-22,24,26-28,30,32-86,90H2,1-2H3,(H,93,94)/b7-5-,13-11-,19-17-,25-23-,31-29-. The molecular weight excluding hydrogens is 1240 g/mol. The van der Waals surface area contributed by atoms with Crippen molar-refractivity contribution in [1.29, 1.82) is 0 Å². The molecule has 0 heterocycles. The molecule has 0 saturated carbocycles. The van der Waals surface area contributed by atoms with Gasteiger partial charge >= 0.3 is 19.8 Å². The van der Waals surface area contributed by atoms with E-state index >= 15 is 0 Å². The molecule has 0 radical (unpaired) electrons. The fraction of sp³-hybridized carbons (Fsp3) is 0.865. The van der Waals surface area contributed by atoms with Crippen molar-refractivity contribution in [2.45, 2.75) is 469 Å². The molecule has 0 aromatic rings. The smallest absolute Gasteiger partial charge is 0.462 e. The van der Waals surface area contributed by atoms with Crippen molar-refractivity contribution in [3.63, 3.8) is 0 Å². The van der Waals surface area contributed by atoms with Crippen molar-refractivity contribution >= 4 is 19.8 Å². The molecule has 0 saturated heterocycles. The Morgan fingerprint density at radius 3 is 0.828 bits per heavy atom. The van der Waals surface area contributed by atoms with Gasteiger partial charge in [0.15, 0.2) is 6.10 Å². The Kier molecular flexibility index (Phi) is 82.7. The second-order valence-electron chi connectivity index (χ2n) is 29.7. The van der Waals surface area contributed by atoms with E-state index in [0.29, 0.717) is 6.42 Å². The Labute approximate surface area is 616 Å². The highest BCUT2D eigenvalue weighted by Crippen LogP contribution is 2.43. The Bertz CT molecular complexity index is 1810. The number of phosphoric acid groups is 1. The van der Waals surface area contributed by atoms with Crippen LogP contribution in [-0.4, -0.2) is 49.3 Å². The molecule has 10 heteroatoms. The summed E-state index contributed by atoms with van der Waals surface area (Å²) < 4.78 is 33.3. The Hall–Kier alpha value is -2.29. The first-order chi connectivity index (χ1) is 48.8. The molecule has 0 spiro atoms. The zero-order valence-electron chi connectivity index (χ0n) is 66.0. The summed E-state index contributed by atoms with van der Waals surface area (Å²) in [7, 11) is -4.40. The Morgan fingerprint density at radius 1 is 0.313 bits per heavy atom. The van der Waals surface area contributed by atoms with E-state index in [1.807, 2.05) is 0 Å². The van der Waals surface area contributed by atoms with Gasteiger partial charge in [0.1, 0.15) is 6.61 Å². The molecule has 0 bridgehead atoms. The number of nitrogens with two attached hydrogens (primary N) is 1. The highest BCUT2D eigenvalue weighted by Gasteiger charge is 2.26. The summed E-state index contributed by atoms with van der Waals surface area (Å²) in [5.74, 6) is -0.799. The summed E-state index contributed by atoms with van der Waals surface area (Å²) in [4.78, 5) is 35.5. The van der Waals surface area contributed by atoms with Crippen LogP contribution in [-0.2, 0) is 32.7 Å². The number of phosphoric ester groups is 1. The third-order valence-electron chi connectivity index (χ3n) is 19.9. The summed E-state index contributed by atoms with van der Waals surface area (Å²) in [6, 6.07) is 0. The Morgan fingerprint density at radius 2 is 0.556 bits per heavy atom. The van der Waals surface area contributed by atoms with Crippen LogP contribution < -0.4 is 5.73 Å². The van der Waals surface area contributed by atoms with Crippen LogP contribution in [0, 0.1) is 0 Å². The number of hydrogen-bond acceptors (Lipinski definition) is 8. The highest BCUT2D eigenvalue weighted by molar-refractivity contribution is 7.47. The van der Waals surface area contributed by atoms with Crippen molar-refractivity contribution < 1.29 is 37.6 Å². The molecule has 3 N–H and O–H groups in total. The first-order valence-electron chi connectivity index (χ1n) is 43.8. The third kappa shape index (κ3) is 84.5. The van der Waals surface area contributed by atoms with E-state index in [1.54, 1.807) is 0 Å². The van der Waals surface area contributed by atoms with Crippen molar-refractivity contribution in [3.8, 4) is 0 Å². The van der Waals surface area contributed by atoms with Crippen molar-refractivity contribution in [2.24, 2.45) is 5.73 Å². The lowest BCUT2D eigenvalue weighted by Gasteiger charge is -2.19. The maximum absolute atomic E-state index is 12.8. The average molecular weight is 1410 g/mol. The number of carbonyl (C=O) groups excluding carboxylic acids is 2. The normalized spacial score (nSPS) is 13.1.